The van der Waals surface area contributed by atoms with Crippen LogP contribution in [0.3, 0.4) is 0 Å². The Labute approximate surface area is 202 Å². The van der Waals surface area contributed by atoms with Gasteiger partial charge in [0.15, 0.2) is 0 Å². The lowest BCUT2D eigenvalue weighted by atomic mass is 9.94. The number of piperidine rings is 1. The Morgan fingerprint density at radius 2 is 1.53 bits per heavy atom. The Balaban J connectivity index is 1.52. The third-order valence-corrected chi connectivity index (χ3v) is 9.48. The average molecular weight is 484 g/mol. The molecule has 0 saturated carbocycles. The molecule has 2 heterocycles. The van der Waals surface area contributed by atoms with Crippen molar-refractivity contribution < 1.29 is 18.0 Å². The van der Waals surface area contributed by atoms with E-state index in [1.807, 2.05) is 64.1 Å². The summed E-state index contributed by atoms with van der Waals surface area (Å²) < 4.78 is 28.7. The van der Waals surface area contributed by atoms with Crippen LogP contribution in [0.2, 0.25) is 0 Å². The molecule has 1 unspecified atom stereocenters. The number of amides is 2. The fourth-order valence-electron chi connectivity index (χ4n) is 5.15. The molecule has 2 aliphatic heterocycles. The molecular formula is C26H33N3O4S. The standard InChI is InChI=1S/C26H33N3O4S/c1-17-16-18(2)20(4)24(19(17)3)34(32,33)28-13-10-22(11-14-28)26(31)29-15-12-27-25(30)23(29)21-8-6-5-7-9-21/h5-9,16,22-23H,10-15H2,1-4H3,(H,27,30). The highest BCUT2D eigenvalue weighted by molar-refractivity contribution is 7.89. The van der Waals surface area contributed by atoms with E-state index in [9.17, 15) is 18.0 Å². The zero-order chi connectivity index (χ0) is 24.6. The lowest BCUT2D eigenvalue weighted by molar-refractivity contribution is -0.147. The maximum atomic E-state index is 13.6. The highest BCUT2D eigenvalue weighted by Gasteiger charge is 2.40. The average Bonchev–Trinajstić information content (AvgIpc) is 2.83. The second-order valence-electron chi connectivity index (χ2n) is 9.40. The summed E-state index contributed by atoms with van der Waals surface area (Å²) in [7, 11) is -3.66. The maximum absolute atomic E-state index is 13.6. The van der Waals surface area contributed by atoms with E-state index in [1.54, 1.807) is 4.90 Å². The Hall–Kier alpha value is -2.71. The Morgan fingerprint density at radius 3 is 2.12 bits per heavy atom. The van der Waals surface area contributed by atoms with Gasteiger partial charge in [0.05, 0.1) is 4.90 Å². The van der Waals surface area contributed by atoms with Crippen LogP contribution in [-0.2, 0) is 19.6 Å². The first-order valence-corrected chi connectivity index (χ1v) is 13.3. The number of aryl methyl sites for hydroxylation is 2. The van der Waals surface area contributed by atoms with Gasteiger partial charge in [-0.1, -0.05) is 36.4 Å². The monoisotopic (exact) mass is 483 g/mol. The van der Waals surface area contributed by atoms with Crippen LogP contribution in [0.5, 0.6) is 0 Å². The molecule has 2 amide bonds. The van der Waals surface area contributed by atoms with Crippen LogP contribution in [0.15, 0.2) is 41.3 Å². The topological polar surface area (TPSA) is 86.8 Å². The number of sulfonamides is 1. The first kappa shape index (κ1) is 24.4. The van der Waals surface area contributed by atoms with E-state index in [2.05, 4.69) is 5.32 Å². The molecule has 7 nitrogen and oxygen atoms in total. The fourth-order valence-corrected chi connectivity index (χ4v) is 7.19. The van der Waals surface area contributed by atoms with Crippen LogP contribution in [0.25, 0.3) is 0 Å². The van der Waals surface area contributed by atoms with E-state index < -0.39 is 16.1 Å². The second kappa shape index (κ2) is 9.50. The lowest BCUT2D eigenvalue weighted by Gasteiger charge is -2.39. The Kier molecular flexibility index (Phi) is 6.82. The van der Waals surface area contributed by atoms with Crippen LogP contribution in [0.4, 0.5) is 0 Å². The molecule has 34 heavy (non-hydrogen) atoms. The van der Waals surface area contributed by atoms with Crippen molar-refractivity contribution in [1.29, 1.82) is 0 Å². The summed E-state index contributed by atoms with van der Waals surface area (Å²) in [6, 6.07) is 10.7. The summed E-state index contributed by atoms with van der Waals surface area (Å²) in [6.45, 7) is 9.04. The third-order valence-electron chi connectivity index (χ3n) is 7.31. The number of rotatable bonds is 4. The number of hydrogen-bond acceptors (Lipinski definition) is 4. The smallest absolute Gasteiger partial charge is 0.247 e. The summed E-state index contributed by atoms with van der Waals surface area (Å²) >= 11 is 0. The normalized spacial score (nSPS) is 20.3. The van der Waals surface area contributed by atoms with Gasteiger partial charge in [-0.15, -0.1) is 0 Å². The van der Waals surface area contributed by atoms with Crippen molar-refractivity contribution in [2.75, 3.05) is 26.2 Å². The van der Waals surface area contributed by atoms with E-state index in [0.717, 1.165) is 27.8 Å². The van der Waals surface area contributed by atoms with Crippen molar-refractivity contribution in [2.45, 2.75) is 51.5 Å². The van der Waals surface area contributed by atoms with Gasteiger partial charge in [0, 0.05) is 32.1 Å². The van der Waals surface area contributed by atoms with Gasteiger partial charge in [-0.25, -0.2) is 8.42 Å². The van der Waals surface area contributed by atoms with E-state index in [-0.39, 0.29) is 17.7 Å². The number of nitrogens with one attached hydrogen (secondary N) is 1. The van der Waals surface area contributed by atoms with Crippen molar-refractivity contribution in [2.24, 2.45) is 5.92 Å². The Bertz CT molecular complexity index is 1180. The first-order valence-electron chi connectivity index (χ1n) is 11.8. The van der Waals surface area contributed by atoms with Crippen LogP contribution >= 0.6 is 0 Å². The highest BCUT2D eigenvalue weighted by Crippen LogP contribution is 2.33. The van der Waals surface area contributed by atoms with Crippen molar-refractivity contribution in [3.63, 3.8) is 0 Å². The minimum Gasteiger partial charge on any atom is -0.352 e. The summed E-state index contributed by atoms with van der Waals surface area (Å²) in [5.74, 6) is -0.545. The van der Waals surface area contributed by atoms with Crippen molar-refractivity contribution in [3.05, 3.63) is 64.2 Å². The van der Waals surface area contributed by atoms with Gasteiger partial charge in [-0.2, -0.15) is 4.31 Å². The van der Waals surface area contributed by atoms with Crippen molar-refractivity contribution in [1.82, 2.24) is 14.5 Å². The van der Waals surface area contributed by atoms with Gasteiger partial charge in [0.2, 0.25) is 21.8 Å². The molecule has 182 valence electrons. The zero-order valence-electron chi connectivity index (χ0n) is 20.3. The molecule has 0 aromatic heterocycles. The van der Waals surface area contributed by atoms with Crippen molar-refractivity contribution in [3.8, 4) is 0 Å². The van der Waals surface area contributed by atoms with Gasteiger partial charge in [-0.05, 0) is 68.4 Å². The summed E-state index contributed by atoms with van der Waals surface area (Å²) in [5, 5.41) is 2.86. The molecule has 0 aliphatic carbocycles. The molecule has 4 rings (SSSR count). The second-order valence-corrected chi connectivity index (χ2v) is 11.3. The van der Waals surface area contributed by atoms with E-state index in [0.29, 0.717) is 43.9 Å². The molecule has 0 radical (unpaired) electrons. The minimum absolute atomic E-state index is 0.0699. The Morgan fingerprint density at radius 1 is 0.941 bits per heavy atom. The molecule has 8 heteroatoms. The zero-order valence-corrected chi connectivity index (χ0v) is 21.1. The summed E-state index contributed by atoms with van der Waals surface area (Å²) in [6.07, 6.45) is 0.890. The summed E-state index contributed by atoms with van der Waals surface area (Å²) in [4.78, 5) is 28.2. The predicted molar refractivity (Wildman–Crippen MR) is 131 cm³/mol. The van der Waals surface area contributed by atoms with Gasteiger partial charge in [0.25, 0.3) is 0 Å². The van der Waals surface area contributed by atoms with Crippen LogP contribution in [-0.4, -0.2) is 55.6 Å². The van der Waals surface area contributed by atoms with Gasteiger partial charge in [-0.3, -0.25) is 9.59 Å². The number of carbonyl (C=O) groups is 2. The number of hydrogen-bond donors (Lipinski definition) is 1. The quantitative estimate of drug-likeness (QED) is 0.724. The van der Waals surface area contributed by atoms with Gasteiger partial charge >= 0.3 is 0 Å². The molecule has 2 saturated heterocycles. The molecule has 2 aromatic rings. The minimum atomic E-state index is -3.66. The third kappa shape index (κ3) is 4.36. The largest absolute Gasteiger partial charge is 0.352 e. The molecule has 1 N–H and O–H groups in total. The van der Waals surface area contributed by atoms with Crippen LogP contribution in [0.1, 0.15) is 46.7 Å². The molecule has 2 aliphatic rings. The number of benzene rings is 2. The first-order chi connectivity index (χ1) is 16.1. The lowest BCUT2D eigenvalue weighted by Crippen LogP contribution is -2.54. The summed E-state index contributed by atoms with van der Waals surface area (Å²) in [5.41, 5.74) is 4.27. The van der Waals surface area contributed by atoms with E-state index in [4.69, 9.17) is 0 Å². The van der Waals surface area contributed by atoms with Crippen molar-refractivity contribution >= 4 is 21.8 Å². The SMILES string of the molecule is Cc1cc(C)c(C)c(S(=O)(=O)N2CCC(C(=O)N3CCNC(=O)C3c3ccccc3)CC2)c1C. The van der Waals surface area contributed by atoms with Gasteiger partial charge < -0.3 is 10.2 Å². The molecule has 0 spiro atoms. The molecular weight excluding hydrogens is 450 g/mol. The molecule has 2 fully saturated rings. The number of carbonyl (C=O) groups excluding carboxylic acids is 2. The fraction of sp³-hybridized carbons (Fsp3) is 0.462. The van der Waals surface area contributed by atoms with Gasteiger partial charge in [0.1, 0.15) is 6.04 Å². The molecule has 0 bridgehead atoms. The number of piperazine rings is 1. The van der Waals surface area contributed by atoms with Crippen LogP contribution < -0.4 is 5.32 Å². The van der Waals surface area contributed by atoms with Crippen LogP contribution in [0, 0.1) is 33.6 Å². The van der Waals surface area contributed by atoms with E-state index >= 15 is 0 Å². The maximum Gasteiger partial charge on any atom is 0.247 e. The number of nitrogens with zero attached hydrogens (tertiary/aromatic N) is 2. The predicted octanol–water partition coefficient (Wildman–Crippen LogP) is 3.02. The van der Waals surface area contributed by atoms with E-state index in [1.165, 1.54) is 4.31 Å². The molecule has 1 atom stereocenters. The highest BCUT2D eigenvalue weighted by atomic mass is 32.2. The molecule has 2 aromatic carbocycles.